The van der Waals surface area contributed by atoms with Crippen LogP contribution in [0.1, 0.15) is 20.8 Å². The number of hydrogen-bond donors (Lipinski definition) is 2. The van der Waals surface area contributed by atoms with Crippen molar-refractivity contribution < 1.29 is 29.1 Å². The van der Waals surface area contributed by atoms with Crippen molar-refractivity contribution in [1.82, 2.24) is 5.16 Å². The number of fused-ring (bicyclic) bond motifs is 1. The molecule has 0 saturated heterocycles. The lowest BCUT2D eigenvalue weighted by Crippen LogP contribution is -2.40. The van der Waals surface area contributed by atoms with E-state index >= 15 is 0 Å². The third kappa shape index (κ3) is 4.30. The summed E-state index contributed by atoms with van der Waals surface area (Å²) in [6, 6.07) is 7.83. The lowest BCUT2D eigenvalue weighted by atomic mass is 10.0. The van der Waals surface area contributed by atoms with Crippen LogP contribution in [0.4, 0.5) is 15.4 Å². The second kappa shape index (κ2) is 7.57. The molecule has 0 spiro atoms. The van der Waals surface area contributed by atoms with Gasteiger partial charge in [-0.2, -0.15) is 4.90 Å². The van der Waals surface area contributed by atoms with E-state index in [0.717, 1.165) is 0 Å². The SMILES string of the molecule is CC(C)(C)OC(=O)N(C(=O)O)c1noc2ccc(-c3cc(Cl)cc(Br)c3O)cc12. The summed E-state index contributed by atoms with van der Waals surface area (Å²) in [5.74, 6) is -0.293. The number of ether oxygens (including phenoxy) is 1. The highest BCUT2D eigenvalue weighted by Crippen LogP contribution is 2.40. The number of aromatic nitrogens is 1. The van der Waals surface area contributed by atoms with Crippen LogP contribution in [0.3, 0.4) is 0 Å². The number of phenolic OH excluding ortho intramolecular Hbond substituents is 1. The van der Waals surface area contributed by atoms with Gasteiger partial charge in [0.1, 0.15) is 11.4 Å². The predicted molar refractivity (Wildman–Crippen MR) is 111 cm³/mol. The highest BCUT2D eigenvalue weighted by molar-refractivity contribution is 9.10. The molecule has 2 amide bonds. The highest BCUT2D eigenvalue weighted by atomic mass is 79.9. The molecule has 0 saturated carbocycles. The van der Waals surface area contributed by atoms with Crippen molar-refractivity contribution in [2.45, 2.75) is 26.4 Å². The van der Waals surface area contributed by atoms with E-state index < -0.39 is 17.8 Å². The van der Waals surface area contributed by atoms with Crippen molar-refractivity contribution in [3.05, 3.63) is 39.8 Å². The van der Waals surface area contributed by atoms with Gasteiger partial charge in [0, 0.05) is 10.6 Å². The first-order chi connectivity index (χ1) is 13.5. The second-order valence-corrected chi connectivity index (χ2v) is 8.39. The lowest BCUT2D eigenvalue weighted by Gasteiger charge is -2.23. The van der Waals surface area contributed by atoms with E-state index in [9.17, 15) is 19.8 Å². The molecule has 2 N–H and O–H groups in total. The molecular formula is C19H16BrClN2O6. The van der Waals surface area contributed by atoms with Crippen LogP contribution < -0.4 is 4.90 Å². The van der Waals surface area contributed by atoms with E-state index in [1.54, 1.807) is 51.1 Å². The van der Waals surface area contributed by atoms with Crippen LogP contribution in [0.15, 0.2) is 39.3 Å². The molecule has 0 unspecified atom stereocenters. The summed E-state index contributed by atoms with van der Waals surface area (Å²) in [4.78, 5) is 24.5. The van der Waals surface area contributed by atoms with E-state index in [2.05, 4.69) is 21.1 Å². The van der Waals surface area contributed by atoms with Gasteiger partial charge in [-0.05, 0) is 66.5 Å². The number of phenols is 1. The van der Waals surface area contributed by atoms with Gasteiger partial charge in [0.25, 0.3) is 0 Å². The van der Waals surface area contributed by atoms with Crippen molar-refractivity contribution in [3.8, 4) is 16.9 Å². The average Bonchev–Trinajstić information content (AvgIpc) is 2.99. The van der Waals surface area contributed by atoms with Gasteiger partial charge in [0.15, 0.2) is 11.4 Å². The van der Waals surface area contributed by atoms with E-state index in [1.165, 1.54) is 0 Å². The fraction of sp³-hybridized carbons (Fsp3) is 0.211. The fourth-order valence-electron chi connectivity index (χ4n) is 2.60. The minimum absolute atomic E-state index is 0.0472. The third-order valence-electron chi connectivity index (χ3n) is 3.77. The Hall–Kier alpha value is -2.78. The minimum atomic E-state index is -1.58. The molecule has 8 nitrogen and oxygen atoms in total. The number of aromatic hydroxyl groups is 1. The van der Waals surface area contributed by atoms with Crippen molar-refractivity contribution in [2.75, 3.05) is 4.90 Å². The third-order valence-corrected chi connectivity index (χ3v) is 4.59. The molecule has 3 rings (SSSR count). The number of carboxylic acid groups (broad SMARTS) is 1. The molecule has 0 aliphatic heterocycles. The number of halogens is 2. The Balaban J connectivity index is 2.14. The summed E-state index contributed by atoms with van der Waals surface area (Å²) in [5, 5.41) is 24.3. The minimum Gasteiger partial charge on any atom is -0.506 e. The van der Waals surface area contributed by atoms with Gasteiger partial charge in [-0.15, -0.1) is 0 Å². The van der Waals surface area contributed by atoms with Crippen molar-refractivity contribution in [3.63, 3.8) is 0 Å². The van der Waals surface area contributed by atoms with Gasteiger partial charge in [-0.1, -0.05) is 22.8 Å². The molecule has 29 heavy (non-hydrogen) atoms. The molecule has 1 aromatic heterocycles. The molecule has 2 aromatic carbocycles. The quantitative estimate of drug-likeness (QED) is 0.457. The summed E-state index contributed by atoms with van der Waals surface area (Å²) < 4.78 is 10.7. The van der Waals surface area contributed by atoms with Gasteiger partial charge >= 0.3 is 12.2 Å². The molecule has 10 heteroatoms. The number of imide groups is 1. The Kier molecular flexibility index (Phi) is 5.46. The van der Waals surface area contributed by atoms with E-state index in [-0.39, 0.29) is 22.5 Å². The zero-order valence-electron chi connectivity index (χ0n) is 15.6. The maximum Gasteiger partial charge on any atom is 0.425 e. The maximum absolute atomic E-state index is 12.4. The fourth-order valence-corrected chi connectivity index (χ4v) is 3.41. The largest absolute Gasteiger partial charge is 0.506 e. The number of carbonyl (C=O) groups excluding carboxylic acids is 1. The van der Waals surface area contributed by atoms with Crippen LogP contribution in [0.25, 0.3) is 22.1 Å². The zero-order chi connectivity index (χ0) is 21.5. The first kappa shape index (κ1) is 20.9. The van der Waals surface area contributed by atoms with E-state index in [1.807, 2.05) is 0 Å². The number of carbonyl (C=O) groups is 2. The van der Waals surface area contributed by atoms with Crippen LogP contribution in [0.5, 0.6) is 5.75 Å². The Morgan fingerprint density at radius 2 is 1.93 bits per heavy atom. The molecule has 152 valence electrons. The first-order valence-electron chi connectivity index (χ1n) is 8.32. The number of hydrogen-bond acceptors (Lipinski definition) is 6. The smallest absolute Gasteiger partial charge is 0.425 e. The highest BCUT2D eigenvalue weighted by Gasteiger charge is 2.32. The van der Waals surface area contributed by atoms with Gasteiger partial charge in [-0.25, -0.2) is 9.59 Å². The van der Waals surface area contributed by atoms with Crippen molar-refractivity contribution in [2.24, 2.45) is 0 Å². The normalized spacial score (nSPS) is 11.5. The average molecular weight is 484 g/mol. The molecule has 0 aliphatic carbocycles. The van der Waals surface area contributed by atoms with Crippen molar-refractivity contribution >= 4 is 56.5 Å². The molecule has 0 aliphatic rings. The Bertz CT molecular complexity index is 1120. The Labute approximate surface area is 178 Å². The zero-order valence-corrected chi connectivity index (χ0v) is 17.9. The molecule has 0 atom stereocenters. The van der Waals surface area contributed by atoms with Gasteiger partial charge in [0.05, 0.1) is 9.86 Å². The molecule has 0 radical (unpaired) electrons. The van der Waals surface area contributed by atoms with E-state index in [4.69, 9.17) is 20.9 Å². The first-order valence-corrected chi connectivity index (χ1v) is 9.49. The summed E-state index contributed by atoms with van der Waals surface area (Å²) in [6.07, 6.45) is -2.69. The number of amides is 2. The second-order valence-electron chi connectivity index (χ2n) is 7.10. The summed E-state index contributed by atoms with van der Waals surface area (Å²) in [6.45, 7) is 4.84. The number of benzene rings is 2. The maximum atomic E-state index is 12.4. The summed E-state index contributed by atoms with van der Waals surface area (Å²) >= 11 is 9.30. The monoisotopic (exact) mass is 482 g/mol. The standard InChI is InChI=1S/C19H16BrClN2O6/c1-19(2,3)28-18(27)23(17(25)26)16-12-6-9(4-5-14(12)29-22-16)11-7-10(21)8-13(20)15(11)24/h4-8,24H,1-3H3,(H,25,26). The van der Waals surface area contributed by atoms with Gasteiger partial charge in [-0.3, -0.25) is 0 Å². The molecular weight excluding hydrogens is 468 g/mol. The van der Waals surface area contributed by atoms with Gasteiger partial charge in [0.2, 0.25) is 0 Å². The van der Waals surface area contributed by atoms with Crippen LogP contribution in [0, 0.1) is 0 Å². The number of nitrogens with zero attached hydrogens (tertiary/aromatic N) is 2. The van der Waals surface area contributed by atoms with Crippen LogP contribution >= 0.6 is 27.5 Å². The summed E-state index contributed by atoms with van der Waals surface area (Å²) in [5.41, 5.74) is 0.253. The van der Waals surface area contributed by atoms with Crippen LogP contribution in [0.2, 0.25) is 5.02 Å². The topological polar surface area (TPSA) is 113 Å². The molecule has 3 aromatic rings. The predicted octanol–water partition coefficient (Wildman–Crippen LogP) is 6.04. The number of anilines is 1. The van der Waals surface area contributed by atoms with Crippen LogP contribution in [-0.2, 0) is 4.74 Å². The van der Waals surface area contributed by atoms with Crippen LogP contribution in [-0.4, -0.2) is 33.2 Å². The molecule has 0 fully saturated rings. The Morgan fingerprint density at radius 1 is 1.24 bits per heavy atom. The molecule has 1 heterocycles. The van der Waals surface area contributed by atoms with Crippen molar-refractivity contribution in [1.29, 1.82) is 0 Å². The Morgan fingerprint density at radius 3 is 2.55 bits per heavy atom. The van der Waals surface area contributed by atoms with Gasteiger partial charge < -0.3 is 19.5 Å². The number of rotatable bonds is 2. The summed E-state index contributed by atoms with van der Waals surface area (Å²) in [7, 11) is 0. The lowest BCUT2D eigenvalue weighted by molar-refractivity contribution is 0.0580. The van der Waals surface area contributed by atoms with E-state index in [0.29, 0.717) is 25.5 Å². The molecule has 0 bridgehead atoms.